The molecule has 1 saturated heterocycles. The Balaban J connectivity index is 1.89. The van der Waals surface area contributed by atoms with Crippen molar-refractivity contribution < 1.29 is 21.6 Å². The number of nitrogens with zero attached hydrogens (tertiary/aromatic N) is 4. The second-order valence-electron chi connectivity index (χ2n) is 6.37. The number of halogens is 3. The molecule has 0 N–H and O–H groups in total. The molecule has 0 spiro atoms. The largest absolute Gasteiger partial charge is 0.433 e. The van der Waals surface area contributed by atoms with Crippen LogP contribution in [0.25, 0.3) is 16.2 Å². The van der Waals surface area contributed by atoms with Gasteiger partial charge in [0.2, 0.25) is 10.0 Å². The molecule has 0 aromatic carbocycles. The maximum Gasteiger partial charge on any atom is 0.433 e. The third-order valence-electron chi connectivity index (χ3n) is 4.48. The van der Waals surface area contributed by atoms with Gasteiger partial charge in [-0.3, -0.25) is 0 Å². The van der Waals surface area contributed by atoms with E-state index < -0.39 is 27.9 Å². The van der Waals surface area contributed by atoms with Gasteiger partial charge in [0.25, 0.3) is 0 Å². The third kappa shape index (κ3) is 3.34. The molecule has 4 heterocycles. The van der Waals surface area contributed by atoms with E-state index in [4.69, 9.17) is 0 Å². The van der Waals surface area contributed by atoms with Gasteiger partial charge < -0.3 is 0 Å². The number of hydrogen-bond donors (Lipinski definition) is 0. The molecule has 3 aromatic rings. The Labute approximate surface area is 157 Å². The molecule has 3 aromatic heterocycles. The Kier molecular flexibility index (Phi) is 4.28. The van der Waals surface area contributed by atoms with Crippen molar-refractivity contribution in [2.24, 2.45) is 0 Å². The fourth-order valence-electron chi connectivity index (χ4n) is 3.34. The summed E-state index contributed by atoms with van der Waals surface area (Å²) in [4.78, 5) is 4.93. The molecule has 144 valence electrons. The van der Waals surface area contributed by atoms with Gasteiger partial charge in [0.05, 0.1) is 28.6 Å². The molecule has 1 aliphatic rings. The molecule has 0 bridgehead atoms. The molecule has 0 amide bonds. The number of fused-ring (bicyclic) bond motifs is 1. The van der Waals surface area contributed by atoms with Crippen molar-refractivity contribution in [3.63, 3.8) is 0 Å². The van der Waals surface area contributed by atoms with Crippen molar-refractivity contribution in [3.8, 4) is 10.6 Å². The minimum atomic E-state index is -4.62. The first-order valence-corrected chi connectivity index (χ1v) is 10.9. The van der Waals surface area contributed by atoms with Crippen LogP contribution in [0.5, 0.6) is 0 Å². The fourth-order valence-corrected chi connectivity index (χ4v) is 5.16. The zero-order valence-electron chi connectivity index (χ0n) is 14.1. The van der Waals surface area contributed by atoms with Gasteiger partial charge in [-0.1, -0.05) is 6.07 Å². The molecule has 0 radical (unpaired) electrons. The van der Waals surface area contributed by atoms with Crippen molar-refractivity contribution in [1.29, 1.82) is 0 Å². The van der Waals surface area contributed by atoms with E-state index in [0.29, 0.717) is 24.3 Å². The van der Waals surface area contributed by atoms with Gasteiger partial charge in [-0.15, -0.1) is 11.3 Å². The van der Waals surface area contributed by atoms with E-state index >= 15 is 0 Å². The predicted molar refractivity (Wildman–Crippen MR) is 94.8 cm³/mol. The normalized spacial score (nSPS) is 19.2. The summed E-state index contributed by atoms with van der Waals surface area (Å²) in [6.07, 6.45) is -2.39. The number of alkyl halides is 3. The fraction of sp³-hybridized carbons (Fsp3) is 0.375. The average molecular weight is 416 g/mol. The van der Waals surface area contributed by atoms with Gasteiger partial charge in [0.1, 0.15) is 0 Å². The van der Waals surface area contributed by atoms with Gasteiger partial charge in [-0.05, 0) is 30.4 Å². The van der Waals surface area contributed by atoms with Crippen molar-refractivity contribution in [1.82, 2.24) is 18.9 Å². The molecule has 1 fully saturated rings. The number of thiophene rings is 1. The summed E-state index contributed by atoms with van der Waals surface area (Å²) < 4.78 is 66.8. The summed E-state index contributed by atoms with van der Waals surface area (Å²) in [5, 5.41) is 5.84. The number of rotatable bonds is 3. The van der Waals surface area contributed by atoms with Crippen LogP contribution in [0.3, 0.4) is 0 Å². The van der Waals surface area contributed by atoms with Crippen molar-refractivity contribution in [2.45, 2.75) is 25.1 Å². The van der Waals surface area contributed by atoms with Gasteiger partial charge in [0.15, 0.2) is 11.3 Å². The van der Waals surface area contributed by atoms with E-state index in [1.807, 2.05) is 0 Å². The van der Waals surface area contributed by atoms with Crippen LogP contribution in [-0.4, -0.2) is 40.1 Å². The van der Waals surface area contributed by atoms with E-state index in [1.54, 1.807) is 17.5 Å². The molecule has 1 atom stereocenters. The van der Waals surface area contributed by atoms with E-state index in [-0.39, 0.29) is 17.0 Å². The topological polar surface area (TPSA) is 67.6 Å². The van der Waals surface area contributed by atoms with Crippen LogP contribution in [0.15, 0.2) is 29.6 Å². The third-order valence-corrected chi connectivity index (χ3v) is 6.66. The molecular weight excluding hydrogens is 401 g/mol. The monoisotopic (exact) mass is 416 g/mol. The summed E-state index contributed by atoms with van der Waals surface area (Å²) in [5.74, 6) is 0. The van der Waals surface area contributed by atoms with E-state index in [9.17, 15) is 21.6 Å². The second-order valence-corrected chi connectivity index (χ2v) is 9.26. The highest BCUT2D eigenvalue weighted by atomic mass is 32.2. The maximum absolute atomic E-state index is 13.6. The number of aromatic nitrogens is 3. The van der Waals surface area contributed by atoms with Crippen LogP contribution in [0.2, 0.25) is 0 Å². The smallest absolute Gasteiger partial charge is 0.228 e. The summed E-state index contributed by atoms with van der Waals surface area (Å²) >= 11 is 1.29. The first-order valence-electron chi connectivity index (χ1n) is 8.13. The van der Waals surface area contributed by atoms with Crippen LogP contribution in [0, 0.1) is 0 Å². The molecule has 27 heavy (non-hydrogen) atoms. The van der Waals surface area contributed by atoms with Crippen LogP contribution < -0.4 is 0 Å². The average Bonchev–Trinajstić information content (AvgIpc) is 3.30. The molecule has 4 rings (SSSR count). The van der Waals surface area contributed by atoms with Gasteiger partial charge >= 0.3 is 6.18 Å². The lowest BCUT2D eigenvalue weighted by atomic mass is 10.2. The lowest BCUT2D eigenvalue weighted by Gasteiger charge is -2.20. The first kappa shape index (κ1) is 18.4. The predicted octanol–water partition coefficient (Wildman–Crippen LogP) is 3.57. The Morgan fingerprint density at radius 1 is 1.30 bits per heavy atom. The SMILES string of the molecule is CS(=O)(=O)N1CCC[C@@H]1c1cc2nc(-c3cccs3)cc(C(F)(F)F)n2n1. The Morgan fingerprint density at radius 3 is 2.70 bits per heavy atom. The molecule has 0 aliphatic carbocycles. The Bertz CT molecular complexity index is 1090. The molecule has 0 saturated carbocycles. The van der Waals surface area contributed by atoms with E-state index in [2.05, 4.69) is 10.1 Å². The van der Waals surface area contributed by atoms with E-state index in [0.717, 1.165) is 16.8 Å². The summed E-state index contributed by atoms with van der Waals surface area (Å²) in [6, 6.07) is 5.28. The standard InChI is InChI=1S/C16H15F3N4O2S2/c1-27(24,25)22-6-2-4-12(22)10-9-15-20-11(13-5-3-7-26-13)8-14(16(17,18)19)23(15)21-10/h3,5,7-9,12H,2,4,6H2,1H3/t12-/m1/s1. The van der Waals surface area contributed by atoms with Crippen molar-refractivity contribution in [2.75, 3.05) is 12.8 Å². The van der Waals surface area contributed by atoms with Gasteiger partial charge in [-0.2, -0.15) is 22.6 Å². The zero-order chi connectivity index (χ0) is 19.4. The summed E-state index contributed by atoms with van der Waals surface area (Å²) in [7, 11) is -3.48. The second kappa shape index (κ2) is 6.28. The highest BCUT2D eigenvalue weighted by Gasteiger charge is 2.38. The molecule has 11 heteroatoms. The minimum Gasteiger partial charge on any atom is -0.228 e. The van der Waals surface area contributed by atoms with Crippen molar-refractivity contribution in [3.05, 3.63) is 41.0 Å². The minimum absolute atomic E-state index is 0.0450. The quantitative estimate of drug-likeness (QED) is 0.655. The van der Waals surface area contributed by atoms with Crippen molar-refractivity contribution >= 4 is 27.0 Å². The summed E-state index contributed by atoms with van der Waals surface area (Å²) in [5.41, 5.74) is -0.406. The molecule has 1 aliphatic heterocycles. The van der Waals surface area contributed by atoms with Crippen LogP contribution in [-0.2, 0) is 16.2 Å². The number of sulfonamides is 1. The van der Waals surface area contributed by atoms with Crippen LogP contribution in [0.4, 0.5) is 13.2 Å². The highest BCUT2D eigenvalue weighted by Crippen LogP contribution is 2.37. The maximum atomic E-state index is 13.6. The zero-order valence-corrected chi connectivity index (χ0v) is 15.8. The lowest BCUT2D eigenvalue weighted by molar-refractivity contribution is -0.142. The molecule has 0 unspecified atom stereocenters. The Hall–Kier alpha value is -1.98. The van der Waals surface area contributed by atoms with Crippen LogP contribution in [0.1, 0.15) is 30.3 Å². The van der Waals surface area contributed by atoms with Crippen LogP contribution >= 0.6 is 11.3 Å². The van der Waals surface area contributed by atoms with Gasteiger partial charge in [0, 0.05) is 12.6 Å². The molecule has 6 nitrogen and oxygen atoms in total. The lowest BCUT2D eigenvalue weighted by Crippen LogP contribution is -2.29. The van der Waals surface area contributed by atoms with Gasteiger partial charge in [-0.25, -0.2) is 17.9 Å². The Morgan fingerprint density at radius 2 is 2.07 bits per heavy atom. The summed E-state index contributed by atoms with van der Waals surface area (Å²) in [6.45, 7) is 0.331. The highest BCUT2D eigenvalue weighted by molar-refractivity contribution is 7.88. The van der Waals surface area contributed by atoms with E-state index in [1.165, 1.54) is 21.7 Å². The molecular formula is C16H15F3N4O2S2. The number of hydrogen-bond acceptors (Lipinski definition) is 5. The first-order chi connectivity index (χ1) is 12.6.